The fourth-order valence-electron chi connectivity index (χ4n) is 2.95. The van der Waals surface area contributed by atoms with E-state index in [1.807, 2.05) is 18.2 Å². The van der Waals surface area contributed by atoms with Crippen LogP contribution in [0.25, 0.3) is 10.8 Å². The van der Waals surface area contributed by atoms with Crippen LogP contribution in [0, 0.1) is 6.92 Å². The monoisotopic (exact) mass is 413 g/mol. The van der Waals surface area contributed by atoms with Crippen LogP contribution in [0.4, 0.5) is 5.69 Å². The largest absolute Gasteiger partial charge is 0.495 e. The summed E-state index contributed by atoms with van der Waals surface area (Å²) < 4.78 is 6.44. The van der Waals surface area contributed by atoms with Crippen molar-refractivity contribution in [3.8, 4) is 5.75 Å². The SMILES string of the molecule is COc1ccc(NC(=O)CNC(=O)Cn2c(C)cc3ccccc3c2=O)cc1Cl. The lowest BCUT2D eigenvalue weighted by Gasteiger charge is -2.12. The van der Waals surface area contributed by atoms with Gasteiger partial charge in [0.05, 0.1) is 18.7 Å². The summed E-state index contributed by atoms with van der Waals surface area (Å²) in [7, 11) is 1.50. The number of methoxy groups -OCH3 is 1. The number of nitrogens with zero attached hydrogens (tertiary/aromatic N) is 1. The number of halogens is 1. The van der Waals surface area contributed by atoms with Gasteiger partial charge in [0.25, 0.3) is 5.56 Å². The van der Waals surface area contributed by atoms with Crippen LogP contribution in [-0.2, 0) is 16.1 Å². The molecule has 0 spiro atoms. The molecule has 1 aromatic heterocycles. The molecule has 2 amide bonds. The van der Waals surface area contributed by atoms with Gasteiger partial charge in [0.2, 0.25) is 11.8 Å². The van der Waals surface area contributed by atoms with Crippen LogP contribution in [0.15, 0.2) is 53.3 Å². The molecule has 0 radical (unpaired) electrons. The van der Waals surface area contributed by atoms with Crippen molar-refractivity contribution in [3.05, 3.63) is 69.6 Å². The number of aryl methyl sites for hydroxylation is 1. The fourth-order valence-corrected chi connectivity index (χ4v) is 3.21. The first kappa shape index (κ1) is 20.4. The van der Waals surface area contributed by atoms with Gasteiger partial charge in [-0.25, -0.2) is 0 Å². The minimum absolute atomic E-state index is 0.169. The van der Waals surface area contributed by atoms with Gasteiger partial charge in [-0.3, -0.25) is 14.4 Å². The number of hydrogen-bond donors (Lipinski definition) is 2. The third-order valence-electron chi connectivity index (χ3n) is 4.41. The van der Waals surface area contributed by atoms with Gasteiger partial charge in [-0.15, -0.1) is 0 Å². The Balaban J connectivity index is 1.61. The summed E-state index contributed by atoms with van der Waals surface area (Å²) in [6.07, 6.45) is 0. The Morgan fingerprint density at radius 2 is 1.86 bits per heavy atom. The van der Waals surface area contributed by atoms with Crippen LogP contribution < -0.4 is 20.9 Å². The molecule has 1 heterocycles. The Morgan fingerprint density at radius 1 is 1.10 bits per heavy atom. The average Bonchev–Trinajstić information content (AvgIpc) is 2.70. The van der Waals surface area contributed by atoms with E-state index in [0.717, 1.165) is 5.39 Å². The lowest BCUT2D eigenvalue weighted by molar-refractivity contribution is -0.124. The zero-order valence-corrected chi connectivity index (χ0v) is 16.7. The highest BCUT2D eigenvalue weighted by Crippen LogP contribution is 2.27. The van der Waals surface area contributed by atoms with Crippen molar-refractivity contribution >= 4 is 39.9 Å². The topological polar surface area (TPSA) is 89.4 Å². The van der Waals surface area contributed by atoms with Crippen molar-refractivity contribution in [3.63, 3.8) is 0 Å². The molecular formula is C21H20ClN3O4. The molecule has 0 unspecified atom stereocenters. The summed E-state index contributed by atoms with van der Waals surface area (Å²) in [5.41, 5.74) is 0.908. The molecule has 0 aliphatic heterocycles. The minimum Gasteiger partial charge on any atom is -0.495 e. The van der Waals surface area contributed by atoms with Crippen molar-refractivity contribution in [1.82, 2.24) is 9.88 Å². The molecule has 0 saturated carbocycles. The van der Waals surface area contributed by atoms with Gasteiger partial charge in [0.15, 0.2) is 0 Å². The van der Waals surface area contributed by atoms with Gasteiger partial charge >= 0.3 is 0 Å². The van der Waals surface area contributed by atoms with Gasteiger partial charge in [0, 0.05) is 16.8 Å². The van der Waals surface area contributed by atoms with E-state index in [4.69, 9.17) is 16.3 Å². The molecule has 0 atom stereocenters. The maximum atomic E-state index is 12.6. The molecule has 8 heteroatoms. The first-order valence-electron chi connectivity index (χ1n) is 8.88. The van der Waals surface area contributed by atoms with E-state index in [1.54, 1.807) is 37.3 Å². The molecule has 0 aliphatic rings. The predicted octanol–water partition coefficient (Wildman–Crippen LogP) is 2.73. The van der Waals surface area contributed by atoms with Crippen molar-refractivity contribution < 1.29 is 14.3 Å². The summed E-state index contributed by atoms with van der Waals surface area (Å²) in [4.78, 5) is 37.0. The summed E-state index contributed by atoms with van der Waals surface area (Å²) in [6, 6.07) is 13.9. The van der Waals surface area contributed by atoms with Crippen LogP contribution in [0.1, 0.15) is 5.69 Å². The number of fused-ring (bicyclic) bond motifs is 1. The molecule has 0 aliphatic carbocycles. The van der Waals surface area contributed by atoms with Crippen LogP contribution in [0.2, 0.25) is 5.02 Å². The van der Waals surface area contributed by atoms with Crippen molar-refractivity contribution in [2.45, 2.75) is 13.5 Å². The van der Waals surface area contributed by atoms with Gasteiger partial charge < -0.3 is 19.9 Å². The molecule has 3 aromatic rings. The Morgan fingerprint density at radius 3 is 2.59 bits per heavy atom. The summed E-state index contributed by atoms with van der Waals surface area (Å²) in [6.45, 7) is 1.36. The molecule has 0 saturated heterocycles. The predicted molar refractivity (Wildman–Crippen MR) is 113 cm³/mol. The van der Waals surface area contributed by atoms with E-state index in [9.17, 15) is 14.4 Å². The Labute approximate surface area is 172 Å². The highest BCUT2D eigenvalue weighted by molar-refractivity contribution is 6.32. The third-order valence-corrected chi connectivity index (χ3v) is 4.71. The first-order chi connectivity index (χ1) is 13.9. The number of carbonyl (C=O) groups excluding carboxylic acids is 2. The molecule has 29 heavy (non-hydrogen) atoms. The van der Waals surface area contributed by atoms with Crippen LogP contribution in [0.3, 0.4) is 0 Å². The fraction of sp³-hybridized carbons (Fsp3) is 0.190. The number of carbonyl (C=O) groups is 2. The number of aromatic nitrogens is 1. The number of ether oxygens (including phenoxy) is 1. The smallest absolute Gasteiger partial charge is 0.259 e. The van der Waals surface area contributed by atoms with Gasteiger partial charge in [-0.2, -0.15) is 0 Å². The van der Waals surface area contributed by atoms with E-state index < -0.39 is 11.8 Å². The summed E-state index contributed by atoms with van der Waals surface area (Å²) >= 11 is 6.02. The number of rotatable bonds is 6. The van der Waals surface area contributed by atoms with Gasteiger partial charge in [-0.05, 0) is 42.6 Å². The Kier molecular flexibility index (Phi) is 6.19. The highest BCUT2D eigenvalue weighted by Gasteiger charge is 2.12. The first-order valence-corrected chi connectivity index (χ1v) is 9.26. The number of anilines is 1. The lowest BCUT2D eigenvalue weighted by Crippen LogP contribution is -2.37. The number of nitrogens with one attached hydrogen (secondary N) is 2. The van der Waals surface area contributed by atoms with Crippen molar-refractivity contribution in [1.29, 1.82) is 0 Å². The van der Waals surface area contributed by atoms with E-state index in [1.165, 1.54) is 11.7 Å². The highest BCUT2D eigenvalue weighted by atomic mass is 35.5. The second kappa shape index (κ2) is 8.79. The van der Waals surface area contributed by atoms with E-state index >= 15 is 0 Å². The molecule has 2 aromatic carbocycles. The van der Waals surface area contributed by atoms with Crippen LogP contribution in [-0.4, -0.2) is 30.0 Å². The van der Waals surface area contributed by atoms with Crippen LogP contribution in [0.5, 0.6) is 5.75 Å². The lowest BCUT2D eigenvalue weighted by atomic mass is 10.1. The zero-order valence-electron chi connectivity index (χ0n) is 16.0. The second-order valence-corrected chi connectivity index (χ2v) is 6.85. The zero-order chi connectivity index (χ0) is 21.0. The van der Waals surface area contributed by atoms with E-state index in [-0.39, 0.29) is 18.6 Å². The van der Waals surface area contributed by atoms with Gasteiger partial charge in [0.1, 0.15) is 12.3 Å². The third kappa shape index (κ3) is 4.75. The Hall–Kier alpha value is -3.32. The number of benzene rings is 2. The quantitative estimate of drug-likeness (QED) is 0.650. The second-order valence-electron chi connectivity index (χ2n) is 6.44. The number of pyridine rings is 1. The molecule has 3 rings (SSSR count). The Bertz CT molecular complexity index is 1140. The standard InChI is InChI=1S/C21H20ClN3O4/c1-13-9-14-5-3-4-6-16(14)21(28)25(13)12-20(27)23-11-19(26)24-15-7-8-18(29-2)17(22)10-15/h3-10H,11-12H2,1-2H3,(H,23,27)(H,24,26). The molecule has 7 nitrogen and oxygen atoms in total. The maximum Gasteiger partial charge on any atom is 0.259 e. The van der Waals surface area contributed by atoms with Gasteiger partial charge in [-0.1, -0.05) is 29.8 Å². The average molecular weight is 414 g/mol. The van der Waals surface area contributed by atoms with E-state index in [2.05, 4.69) is 10.6 Å². The maximum absolute atomic E-state index is 12.6. The number of hydrogen-bond acceptors (Lipinski definition) is 4. The van der Waals surface area contributed by atoms with Crippen LogP contribution >= 0.6 is 11.6 Å². The number of amides is 2. The minimum atomic E-state index is -0.437. The summed E-state index contributed by atoms with van der Waals surface area (Å²) in [5.74, 6) is -0.357. The molecule has 2 N–H and O–H groups in total. The normalized spacial score (nSPS) is 10.6. The van der Waals surface area contributed by atoms with E-state index in [0.29, 0.717) is 27.5 Å². The summed E-state index contributed by atoms with van der Waals surface area (Å²) in [5, 5.41) is 6.89. The molecule has 150 valence electrons. The van der Waals surface area contributed by atoms with Crippen molar-refractivity contribution in [2.75, 3.05) is 19.0 Å². The molecular weight excluding hydrogens is 394 g/mol. The van der Waals surface area contributed by atoms with Crippen molar-refractivity contribution in [2.24, 2.45) is 0 Å². The molecule has 0 bridgehead atoms. The molecule has 0 fully saturated rings.